The summed E-state index contributed by atoms with van der Waals surface area (Å²) < 4.78 is 0. The van der Waals surface area contributed by atoms with Crippen molar-refractivity contribution < 1.29 is 4.79 Å². The van der Waals surface area contributed by atoms with E-state index in [0.29, 0.717) is 6.42 Å². The van der Waals surface area contributed by atoms with E-state index in [2.05, 4.69) is 31.2 Å². The maximum atomic E-state index is 9.97. The van der Waals surface area contributed by atoms with Crippen molar-refractivity contribution in [3.05, 3.63) is 35.4 Å². The monoisotopic (exact) mass is 175 g/mol. The average Bonchev–Trinajstić information content (AvgIpc) is 2.19. The Morgan fingerprint density at radius 1 is 1.15 bits per heavy atom. The molecule has 0 aliphatic carbocycles. The maximum absolute atomic E-state index is 9.97. The Labute approximate surface area is 79.8 Å². The van der Waals surface area contributed by atoms with E-state index in [-0.39, 0.29) is 0 Å². The van der Waals surface area contributed by atoms with Crippen molar-refractivity contribution in [3.8, 4) is 0 Å². The van der Waals surface area contributed by atoms with Gasteiger partial charge in [-0.05, 0) is 30.4 Å². The van der Waals surface area contributed by atoms with E-state index in [1.54, 1.807) is 0 Å². The first kappa shape index (κ1) is 9.97. The van der Waals surface area contributed by atoms with Crippen molar-refractivity contribution in [3.63, 3.8) is 0 Å². The lowest BCUT2D eigenvalue weighted by atomic mass is 10.1. The van der Waals surface area contributed by atoms with E-state index in [4.69, 9.17) is 0 Å². The van der Waals surface area contributed by atoms with Gasteiger partial charge in [-0.2, -0.15) is 0 Å². The van der Waals surface area contributed by atoms with Crippen molar-refractivity contribution in [2.24, 2.45) is 0 Å². The van der Waals surface area contributed by atoms with Crippen molar-refractivity contribution in [2.45, 2.75) is 32.6 Å². The van der Waals surface area contributed by atoms with Gasteiger partial charge in [0, 0.05) is 6.42 Å². The number of hydrogen-bond acceptors (Lipinski definition) is 1. The van der Waals surface area contributed by atoms with Gasteiger partial charge in [0.05, 0.1) is 0 Å². The Morgan fingerprint density at radius 2 is 1.77 bits per heavy atom. The highest BCUT2D eigenvalue weighted by Gasteiger charge is 1.93. The summed E-state index contributed by atoms with van der Waals surface area (Å²) in [6.45, 7) is 2.15. The quantitative estimate of drug-likeness (QED) is 0.629. The highest BCUT2D eigenvalue weighted by atomic mass is 16.1. The van der Waals surface area contributed by atoms with Crippen molar-refractivity contribution in [1.82, 2.24) is 0 Å². The number of carbonyl (C=O) groups excluding carboxylic acids is 1. The van der Waals surface area contributed by atoms with Gasteiger partial charge in [-0.25, -0.2) is 0 Å². The number of rotatable bonds is 5. The molecule has 0 heterocycles. The van der Waals surface area contributed by atoms with Crippen LogP contribution in [-0.4, -0.2) is 6.29 Å². The molecule has 1 rings (SSSR count). The van der Waals surface area contributed by atoms with Crippen molar-refractivity contribution in [2.75, 3.05) is 0 Å². The number of unbranched alkanes of at least 4 members (excludes halogenated alkanes) is 1. The fourth-order valence-corrected chi connectivity index (χ4v) is 1.31. The minimum Gasteiger partial charge on any atom is -0.291 e. The van der Waals surface area contributed by atoms with Gasteiger partial charge in [-0.3, -0.25) is 4.79 Å². The van der Waals surface area contributed by atoms with Gasteiger partial charge < -0.3 is 0 Å². The smallest absolute Gasteiger partial charge is 0.198 e. The van der Waals surface area contributed by atoms with Crippen LogP contribution in [0.15, 0.2) is 24.3 Å². The number of benzene rings is 1. The van der Waals surface area contributed by atoms with Gasteiger partial charge in [-0.1, -0.05) is 31.2 Å². The maximum Gasteiger partial charge on any atom is 0.198 e. The normalized spacial score (nSPS) is 9.92. The molecule has 0 fully saturated rings. The Balaban J connectivity index is 2.44. The van der Waals surface area contributed by atoms with Crippen LogP contribution in [0.25, 0.3) is 0 Å². The second kappa shape index (κ2) is 5.52. The van der Waals surface area contributed by atoms with E-state index in [1.165, 1.54) is 11.1 Å². The lowest BCUT2D eigenvalue weighted by Crippen LogP contribution is -1.87. The first-order valence-corrected chi connectivity index (χ1v) is 4.79. The molecule has 0 amide bonds. The summed E-state index contributed by atoms with van der Waals surface area (Å²) in [5.74, 6) is 0. The molecule has 1 aromatic carbocycles. The van der Waals surface area contributed by atoms with Crippen LogP contribution in [0, 0.1) is 0 Å². The Bertz CT molecular complexity index is 248. The molecule has 0 saturated heterocycles. The summed E-state index contributed by atoms with van der Waals surface area (Å²) in [6, 6.07) is 8.59. The molecule has 69 valence electrons. The van der Waals surface area contributed by atoms with Crippen LogP contribution >= 0.6 is 0 Å². The van der Waals surface area contributed by atoms with Gasteiger partial charge in [0.15, 0.2) is 6.29 Å². The van der Waals surface area contributed by atoms with E-state index < -0.39 is 0 Å². The molecule has 0 atom stereocenters. The molecule has 1 nitrogen and oxygen atoms in total. The van der Waals surface area contributed by atoms with Crippen LogP contribution in [0.2, 0.25) is 0 Å². The third-order valence-electron chi connectivity index (χ3n) is 2.18. The second-order valence-electron chi connectivity index (χ2n) is 3.17. The zero-order chi connectivity index (χ0) is 9.52. The Morgan fingerprint density at radius 3 is 2.31 bits per heavy atom. The van der Waals surface area contributed by atoms with Gasteiger partial charge >= 0.3 is 0 Å². The molecule has 0 aromatic heterocycles. The highest BCUT2D eigenvalue weighted by molar-refractivity contribution is 5.50. The minimum atomic E-state index is 0.551. The topological polar surface area (TPSA) is 17.1 Å². The molecule has 0 aliphatic rings. The van der Waals surface area contributed by atoms with Crippen LogP contribution in [-0.2, 0) is 17.6 Å². The molecule has 0 spiro atoms. The molecule has 13 heavy (non-hydrogen) atoms. The largest absolute Gasteiger partial charge is 0.291 e. The molecule has 1 radical (unpaired) electrons. The molecule has 0 saturated carbocycles. The second-order valence-corrected chi connectivity index (χ2v) is 3.17. The van der Waals surface area contributed by atoms with Crippen LogP contribution in [0.4, 0.5) is 0 Å². The average molecular weight is 175 g/mol. The third kappa shape index (κ3) is 3.41. The van der Waals surface area contributed by atoms with E-state index in [9.17, 15) is 4.79 Å². The summed E-state index contributed by atoms with van der Waals surface area (Å²) in [7, 11) is 0. The summed E-state index contributed by atoms with van der Waals surface area (Å²) in [4.78, 5) is 9.97. The molecule has 0 N–H and O–H groups in total. The molecule has 1 heteroatoms. The fraction of sp³-hybridized carbons (Fsp3) is 0.417. The highest BCUT2D eigenvalue weighted by Crippen LogP contribution is 2.07. The first-order valence-electron chi connectivity index (χ1n) is 4.79. The molecule has 0 unspecified atom stereocenters. The van der Waals surface area contributed by atoms with E-state index >= 15 is 0 Å². The number of hydrogen-bond donors (Lipinski definition) is 0. The molecule has 1 aromatic rings. The van der Waals surface area contributed by atoms with Gasteiger partial charge in [0.1, 0.15) is 0 Å². The third-order valence-corrected chi connectivity index (χ3v) is 2.18. The van der Waals surface area contributed by atoms with Crippen LogP contribution in [0.1, 0.15) is 30.9 Å². The van der Waals surface area contributed by atoms with E-state index in [0.717, 1.165) is 19.3 Å². The zero-order valence-corrected chi connectivity index (χ0v) is 8.05. The summed E-state index contributed by atoms with van der Waals surface area (Å²) in [6.07, 6.45) is 5.44. The standard InChI is InChI=1S/C12H15O/c1-2-11-6-8-12(9-7-11)5-3-4-10-13/h6-9H,2-5H2,1H3. The SMILES string of the molecule is CCc1ccc(CCC[C]=O)cc1. The number of aryl methyl sites for hydroxylation is 2. The summed E-state index contributed by atoms with van der Waals surface area (Å²) in [5, 5.41) is 0. The minimum absolute atomic E-state index is 0.551. The van der Waals surface area contributed by atoms with Gasteiger partial charge in [0.25, 0.3) is 0 Å². The van der Waals surface area contributed by atoms with Crippen LogP contribution in [0.3, 0.4) is 0 Å². The fourth-order valence-electron chi connectivity index (χ4n) is 1.31. The van der Waals surface area contributed by atoms with Gasteiger partial charge in [0.2, 0.25) is 0 Å². The zero-order valence-electron chi connectivity index (χ0n) is 8.05. The van der Waals surface area contributed by atoms with Crippen LogP contribution in [0.5, 0.6) is 0 Å². The predicted octanol–water partition coefficient (Wildman–Crippen LogP) is 2.68. The first-order chi connectivity index (χ1) is 6.36. The molecule has 0 aliphatic heterocycles. The molecular weight excluding hydrogens is 160 g/mol. The van der Waals surface area contributed by atoms with Crippen LogP contribution < -0.4 is 0 Å². The van der Waals surface area contributed by atoms with Crippen molar-refractivity contribution >= 4 is 6.29 Å². The molecule has 0 bridgehead atoms. The predicted molar refractivity (Wildman–Crippen MR) is 54.5 cm³/mol. The summed E-state index contributed by atoms with van der Waals surface area (Å²) in [5.41, 5.74) is 2.68. The van der Waals surface area contributed by atoms with Crippen molar-refractivity contribution in [1.29, 1.82) is 0 Å². The Kier molecular flexibility index (Phi) is 4.24. The lowest BCUT2D eigenvalue weighted by molar-refractivity contribution is 0.548. The molecular formula is C12H15O. The summed E-state index contributed by atoms with van der Waals surface area (Å²) >= 11 is 0. The lowest BCUT2D eigenvalue weighted by Gasteiger charge is -2.00. The Hall–Kier alpha value is -1.11. The van der Waals surface area contributed by atoms with Gasteiger partial charge in [-0.15, -0.1) is 0 Å². The van der Waals surface area contributed by atoms with E-state index in [1.807, 2.05) is 6.29 Å².